The molecule has 0 bridgehead atoms. The number of hydrogen-bond donors (Lipinski definition) is 0. The Labute approximate surface area is 170 Å². The number of esters is 1. The van der Waals surface area contributed by atoms with Crippen molar-refractivity contribution in [2.75, 3.05) is 6.61 Å². The van der Waals surface area contributed by atoms with E-state index in [4.69, 9.17) is 9.47 Å². The monoisotopic (exact) mass is 395 g/mol. The van der Waals surface area contributed by atoms with Crippen LogP contribution in [0.25, 0.3) is 0 Å². The number of rotatable bonds is 5. The second-order valence-corrected chi connectivity index (χ2v) is 7.09. The zero-order valence-corrected chi connectivity index (χ0v) is 16.7. The first kappa shape index (κ1) is 20.6. The Morgan fingerprint density at radius 3 is 2.28 bits per heavy atom. The van der Waals surface area contributed by atoms with E-state index in [0.717, 1.165) is 21.6 Å². The van der Waals surface area contributed by atoms with Gasteiger partial charge in [-0.15, -0.1) is 0 Å². The molecule has 0 saturated carbocycles. The van der Waals surface area contributed by atoms with Crippen LogP contribution in [0.2, 0.25) is 0 Å². The summed E-state index contributed by atoms with van der Waals surface area (Å²) in [4.78, 5) is 39.5. The summed E-state index contributed by atoms with van der Waals surface area (Å²) in [5.41, 5.74) is 1.41. The van der Waals surface area contributed by atoms with Crippen LogP contribution in [0.4, 0.5) is 4.79 Å². The van der Waals surface area contributed by atoms with Gasteiger partial charge < -0.3 is 9.47 Å². The lowest BCUT2D eigenvalue weighted by atomic mass is 9.76. The molecular weight excluding hydrogens is 370 g/mol. The second kappa shape index (κ2) is 8.90. The molecule has 29 heavy (non-hydrogen) atoms. The van der Waals surface area contributed by atoms with Crippen LogP contribution in [0.3, 0.4) is 0 Å². The summed E-state index contributed by atoms with van der Waals surface area (Å²) in [6.45, 7) is 3.14. The van der Waals surface area contributed by atoms with Gasteiger partial charge in [-0.1, -0.05) is 54.6 Å². The molecule has 3 rings (SSSR count). The van der Waals surface area contributed by atoms with Gasteiger partial charge in [-0.3, -0.25) is 4.79 Å². The van der Waals surface area contributed by atoms with Crippen LogP contribution in [-0.2, 0) is 38.5 Å². The molecule has 0 heterocycles. The van der Waals surface area contributed by atoms with Gasteiger partial charge in [0.25, 0.3) is 0 Å². The number of amides is 2. The quantitative estimate of drug-likeness (QED) is 0.723. The molecule has 0 saturated heterocycles. The minimum absolute atomic E-state index is 0.0128. The lowest BCUT2D eigenvalue weighted by molar-refractivity contribution is -0.162. The Morgan fingerprint density at radius 1 is 0.966 bits per heavy atom. The van der Waals surface area contributed by atoms with Crippen LogP contribution in [0, 0.1) is 0 Å². The Bertz CT molecular complexity index is 895. The molecule has 2 aromatic carbocycles. The van der Waals surface area contributed by atoms with E-state index in [9.17, 15) is 14.4 Å². The first-order valence-electron chi connectivity index (χ1n) is 9.73. The van der Waals surface area contributed by atoms with E-state index < -0.39 is 23.5 Å². The standard InChI is InChI=1S/C23H25NO5/c1-3-28-21(26)23(14-13-19-11-7-8-12-20(19)15-23)24(17(2)25)22(27)29-16-18-9-5-4-6-10-18/h4-12H,3,13-16H2,1-2H3. The molecule has 0 aromatic heterocycles. The molecule has 2 amide bonds. The van der Waals surface area contributed by atoms with Crippen LogP contribution in [0.5, 0.6) is 0 Å². The number of aryl methyl sites for hydroxylation is 1. The van der Waals surface area contributed by atoms with E-state index >= 15 is 0 Å². The van der Waals surface area contributed by atoms with Crippen molar-refractivity contribution in [3.63, 3.8) is 0 Å². The second-order valence-electron chi connectivity index (χ2n) is 7.09. The maximum absolute atomic E-state index is 13.0. The summed E-state index contributed by atoms with van der Waals surface area (Å²) < 4.78 is 10.7. The average Bonchev–Trinajstić information content (AvgIpc) is 2.73. The highest BCUT2D eigenvalue weighted by Crippen LogP contribution is 2.35. The lowest BCUT2D eigenvalue weighted by Gasteiger charge is -2.42. The molecule has 0 fully saturated rings. The largest absolute Gasteiger partial charge is 0.464 e. The molecule has 6 nitrogen and oxygen atoms in total. The molecule has 1 aliphatic carbocycles. The molecule has 2 aromatic rings. The number of carbonyl (C=O) groups excluding carboxylic acids is 3. The van der Waals surface area contributed by atoms with Crippen LogP contribution in [-0.4, -0.2) is 35.0 Å². The highest BCUT2D eigenvalue weighted by Gasteiger charge is 2.52. The van der Waals surface area contributed by atoms with E-state index in [1.165, 1.54) is 6.92 Å². The van der Waals surface area contributed by atoms with Gasteiger partial charge in [0.2, 0.25) is 5.91 Å². The first-order chi connectivity index (χ1) is 14.0. The summed E-state index contributed by atoms with van der Waals surface area (Å²) in [5, 5.41) is 0. The molecular formula is C23H25NO5. The van der Waals surface area contributed by atoms with Crippen molar-refractivity contribution in [1.29, 1.82) is 0 Å². The number of ether oxygens (including phenoxy) is 2. The number of nitrogens with zero attached hydrogens (tertiary/aromatic N) is 1. The van der Waals surface area contributed by atoms with E-state index in [1.807, 2.05) is 54.6 Å². The fourth-order valence-electron chi connectivity index (χ4n) is 3.83. The smallest absolute Gasteiger partial charge is 0.417 e. The first-order valence-corrected chi connectivity index (χ1v) is 9.73. The van der Waals surface area contributed by atoms with Gasteiger partial charge in [0.1, 0.15) is 6.61 Å². The van der Waals surface area contributed by atoms with Crippen molar-refractivity contribution in [2.24, 2.45) is 0 Å². The highest BCUT2D eigenvalue weighted by molar-refractivity contribution is 5.98. The van der Waals surface area contributed by atoms with Crippen molar-refractivity contribution in [2.45, 2.75) is 45.3 Å². The minimum Gasteiger partial charge on any atom is -0.464 e. The van der Waals surface area contributed by atoms with Gasteiger partial charge in [-0.25, -0.2) is 14.5 Å². The Hall–Kier alpha value is -3.15. The van der Waals surface area contributed by atoms with Gasteiger partial charge in [0.15, 0.2) is 5.54 Å². The average molecular weight is 395 g/mol. The molecule has 6 heteroatoms. The summed E-state index contributed by atoms with van der Waals surface area (Å²) in [7, 11) is 0. The Balaban J connectivity index is 1.92. The number of carbonyl (C=O) groups is 3. The molecule has 152 valence electrons. The van der Waals surface area contributed by atoms with Gasteiger partial charge >= 0.3 is 12.1 Å². The SMILES string of the molecule is CCOC(=O)C1(N(C(C)=O)C(=O)OCc2ccccc2)CCc2ccccc2C1. The lowest BCUT2D eigenvalue weighted by Crippen LogP contribution is -2.62. The van der Waals surface area contributed by atoms with Crippen molar-refractivity contribution < 1.29 is 23.9 Å². The predicted molar refractivity (Wildman–Crippen MR) is 107 cm³/mol. The maximum Gasteiger partial charge on any atom is 0.417 e. The number of imide groups is 1. The third-order valence-electron chi connectivity index (χ3n) is 5.20. The molecule has 1 unspecified atom stereocenters. The highest BCUT2D eigenvalue weighted by atomic mass is 16.6. The number of fused-ring (bicyclic) bond motifs is 1. The third kappa shape index (κ3) is 4.31. The van der Waals surface area contributed by atoms with Crippen LogP contribution < -0.4 is 0 Å². The minimum atomic E-state index is -1.41. The molecule has 0 spiro atoms. The molecule has 0 N–H and O–H groups in total. The Kier molecular flexibility index (Phi) is 6.32. The predicted octanol–water partition coefficient (Wildman–Crippen LogP) is 3.66. The van der Waals surface area contributed by atoms with E-state index in [2.05, 4.69) is 0 Å². The van der Waals surface area contributed by atoms with Gasteiger partial charge in [0, 0.05) is 13.3 Å². The van der Waals surface area contributed by atoms with Gasteiger partial charge in [0.05, 0.1) is 6.61 Å². The fraction of sp³-hybridized carbons (Fsp3) is 0.348. The van der Waals surface area contributed by atoms with Gasteiger partial charge in [-0.05, 0) is 36.5 Å². The summed E-state index contributed by atoms with van der Waals surface area (Å²) in [6.07, 6.45) is 0.226. The maximum atomic E-state index is 13.0. The van der Waals surface area contributed by atoms with Crippen LogP contribution in [0.1, 0.15) is 37.0 Å². The van der Waals surface area contributed by atoms with Crippen molar-refractivity contribution >= 4 is 18.0 Å². The normalized spacial score (nSPS) is 17.7. The Morgan fingerprint density at radius 2 is 1.62 bits per heavy atom. The number of benzene rings is 2. The summed E-state index contributed by atoms with van der Waals surface area (Å²) in [5.74, 6) is -1.13. The van der Waals surface area contributed by atoms with Crippen LogP contribution in [0.15, 0.2) is 54.6 Å². The van der Waals surface area contributed by atoms with Crippen molar-refractivity contribution in [3.05, 3.63) is 71.3 Å². The zero-order chi connectivity index (χ0) is 20.9. The summed E-state index contributed by atoms with van der Waals surface area (Å²) in [6, 6.07) is 16.9. The molecule has 1 atom stereocenters. The topological polar surface area (TPSA) is 72.9 Å². The van der Waals surface area contributed by atoms with Crippen LogP contribution >= 0.6 is 0 Å². The molecule has 1 aliphatic rings. The summed E-state index contributed by atoms with van der Waals surface area (Å²) >= 11 is 0. The fourth-order valence-corrected chi connectivity index (χ4v) is 3.83. The zero-order valence-electron chi connectivity index (χ0n) is 16.7. The van der Waals surface area contributed by atoms with E-state index in [1.54, 1.807) is 6.92 Å². The van der Waals surface area contributed by atoms with Crippen molar-refractivity contribution in [1.82, 2.24) is 4.90 Å². The number of hydrogen-bond acceptors (Lipinski definition) is 5. The van der Waals surface area contributed by atoms with E-state index in [-0.39, 0.29) is 19.6 Å². The van der Waals surface area contributed by atoms with E-state index in [0.29, 0.717) is 12.8 Å². The molecule has 0 radical (unpaired) electrons. The molecule has 0 aliphatic heterocycles. The van der Waals surface area contributed by atoms with Gasteiger partial charge in [-0.2, -0.15) is 0 Å². The third-order valence-corrected chi connectivity index (χ3v) is 5.20. The van der Waals surface area contributed by atoms with Crippen molar-refractivity contribution in [3.8, 4) is 0 Å².